The number of halogens is 2. The number of hydrogen-bond acceptors (Lipinski definition) is 6. The topological polar surface area (TPSA) is 72.3 Å². The van der Waals surface area contributed by atoms with Crippen molar-refractivity contribution in [1.82, 2.24) is 9.36 Å². The zero-order valence-electron chi connectivity index (χ0n) is 15.9. The molecule has 0 bridgehead atoms. The molecule has 1 N–H and O–H groups in total. The number of aliphatic carboxylic acids is 1. The highest BCUT2D eigenvalue weighted by Crippen LogP contribution is 2.32. The zero-order valence-corrected chi connectivity index (χ0v) is 19.0. The van der Waals surface area contributed by atoms with E-state index in [0.29, 0.717) is 27.4 Å². The highest BCUT2D eigenvalue weighted by atomic mass is 35.5. The van der Waals surface area contributed by atoms with E-state index >= 15 is 0 Å². The monoisotopic (exact) mass is 468 g/mol. The van der Waals surface area contributed by atoms with E-state index in [2.05, 4.69) is 9.36 Å². The van der Waals surface area contributed by atoms with Crippen molar-refractivity contribution in [3.05, 3.63) is 57.0 Å². The highest BCUT2D eigenvalue weighted by Gasteiger charge is 2.29. The quantitative estimate of drug-likeness (QED) is 0.406. The number of nitrogens with zero attached hydrogens (tertiary/aromatic N) is 2. The number of thioether (sulfide) groups is 1. The first-order valence-corrected chi connectivity index (χ1v) is 11.1. The van der Waals surface area contributed by atoms with E-state index in [0.717, 1.165) is 21.0 Å². The lowest BCUT2D eigenvalue weighted by molar-refractivity contribution is -0.152. The van der Waals surface area contributed by atoms with Gasteiger partial charge in [-0.3, -0.25) is 0 Å². The van der Waals surface area contributed by atoms with Crippen LogP contribution in [0.4, 0.5) is 0 Å². The fourth-order valence-electron chi connectivity index (χ4n) is 2.36. The van der Waals surface area contributed by atoms with Crippen LogP contribution in [0.3, 0.4) is 0 Å². The molecule has 0 fully saturated rings. The molecule has 29 heavy (non-hydrogen) atoms. The fourth-order valence-corrected chi connectivity index (χ4v) is 4.29. The Balaban J connectivity index is 1.66. The third-order valence-corrected chi connectivity index (χ3v) is 6.67. The van der Waals surface area contributed by atoms with Crippen molar-refractivity contribution >= 4 is 52.5 Å². The molecule has 0 aliphatic heterocycles. The number of hydrogen-bond donors (Lipinski definition) is 1. The predicted molar refractivity (Wildman–Crippen MR) is 118 cm³/mol. The summed E-state index contributed by atoms with van der Waals surface area (Å²) in [5.41, 5.74) is 0.413. The van der Waals surface area contributed by atoms with Gasteiger partial charge in [-0.15, -0.1) is 11.8 Å². The van der Waals surface area contributed by atoms with Gasteiger partial charge in [0.2, 0.25) is 0 Å². The fraction of sp³-hybridized carbons (Fsp3) is 0.250. The molecule has 0 atom stereocenters. The first-order chi connectivity index (χ1) is 13.7. The van der Waals surface area contributed by atoms with Crippen molar-refractivity contribution in [2.75, 3.05) is 0 Å². The minimum atomic E-state index is -1.28. The number of carboxylic acid groups (broad SMARTS) is 1. The van der Waals surface area contributed by atoms with Gasteiger partial charge in [0.15, 0.2) is 11.4 Å². The Morgan fingerprint density at radius 3 is 2.62 bits per heavy atom. The maximum atomic E-state index is 11.2. The van der Waals surface area contributed by atoms with E-state index in [1.807, 2.05) is 25.1 Å². The van der Waals surface area contributed by atoms with Crippen molar-refractivity contribution in [1.29, 1.82) is 0 Å². The third kappa shape index (κ3) is 5.42. The second kappa shape index (κ2) is 8.92. The average molecular weight is 469 g/mol. The molecule has 0 unspecified atom stereocenters. The lowest BCUT2D eigenvalue weighted by Crippen LogP contribution is -2.38. The summed E-state index contributed by atoms with van der Waals surface area (Å²) in [5, 5.41) is 11.1. The van der Waals surface area contributed by atoms with Gasteiger partial charge in [-0.25, -0.2) is 9.78 Å². The van der Waals surface area contributed by atoms with Crippen LogP contribution in [0.15, 0.2) is 41.3 Å². The maximum Gasteiger partial charge on any atom is 0.347 e. The number of rotatable bonds is 7. The third-order valence-electron chi connectivity index (χ3n) is 4.03. The second-order valence-electron chi connectivity index (χ2n) is 6.77. The molecule has 2 aromatic carbocycles. The molecular weight excluding hydrogens is 451 g/mol. The van der Waals surface area contributed by atoms with E-state index in [-0.39, 0.29) is 0 Å². The van der Waals surface area contributed by atoms with Crippen molar-refractivity contribution in [3.8, 4) is 17.1 Å². The Bertz CT molecular complexity index is 1050. The summed E-state index contributed by atoms with van der Waals surface area (Å²) < 4.78 is 10.0. The summed E-state index contributed by atoms with van der Waals surface area (Å²) in [7, 11) is 0. The number of aryl methyl sites for hydroxylation is 1. The summed E-state index contributed by atoms with van der Waals surface area (Å²) in [6, 6.07) is 11.0. The van der Waals surface area contributed by atoms with Gasteiger partial charge in [-0.05, 0) is 74.3 Å². The summed E-state index contributed by atoms with van der Waals surface area (Å²) in [4.78, 5) is 16.9. The Morgan fingerprint density at radius 1 is 1.21 bits per heavy atom. The van der Waals surface area contributed by atoms with Crippen LogP contribution in [0.1, 0.15) is 24.4 Å². The second-order valence-corrected chi connectivity index (χ2v) is 9.47. The van der Waals surface area contributed by atoms with Gasteiger partial charge in [-0.1, -0.05) is 23.2 Å². The van der Waals surface area contributed by atoms with Gasteiger partial charge >= 0.3 is 5.97 Å². The minimum absolute atomic E-state index is 0.471. The van der Waals surface area contributed by atoms with Crippen LogP contribution in [-0.4, -0.2) is 26.0 Å². The largest absolute Gasteiger partial charge is 0.478 e. The standard InChI is InChI=1S/C20H18Cl2N2O3S2/c1-11-8-13(5-7-16(11)27-20(2,3)19(25)26)28-10-17-23-18(24-29-17)12-4-6-14(21)15(22)9-12/h4-9H,10H2,1-3H3,(H,25,26). The summed E-state index contributed by atoms with van der Waals surface area (Å²) in [5.74, 6) is 0.836. The summed E-state index contributed by atoms with van der Waals surface area (Å²) in [6.07, 6.45) is 0. The van der Waals surface area contributed by atoms with Crippen LogP contribution in [0.2, 0.25) is 10.0 Å². The number of benzene rings is 2. The molecule has 5 nitrogen and oxygen atoms in total. The first-order valence-electron chi connectivity index (χ1n) is 8.59. The van der Waals surface area contributed by atoms with Crippen LogP contribution in [0.5, 0.6) is 5.75 Å². The minimum Gasteiger partial charge on any atom is -0.478 e. The summed E-state index contributed by atoms with van der Waals surface area (Å²) >= 11 is 15.0. The predicted octanol–water partition coefficient (Wildman–Crippen LogP) is 6.35. The first kappa shape index (κ1) is 21.9. The number of ether oxygens (including phenoxy) is 1. The Morgan fingerprint density at radius 2 is 1.97 bits per heavy atom. The normalized spacial score (nSPS) is 11.5. The molecule has 0 aliphatic carbocycles. The molecular formula is C20H18Cl2N2O3S2. The van der Waals surface area contributed by atoms with Gasteiger partial charge in [0, 0.05) is 10.5 Å². The van der Waals surface area contributed by atoms with Crippen LogP contribution >= 0.6 is 46.5 Å². The van der Waals surface area contributed by atoms with Gasteiger partial charge in [0.1, 0.15) is 10.8 Å². The van der Waals surface area contributed by atoms with Crippen molar-refractivity contribution < 1.29 is 14.6 Å². The van der Waals surface area contributed by atoms with E-state index in [1.165, 1.54) is 25.4 Å². The van der Waals surface area contributed by atoms with E-state index in [9.17, 15) is 9.90 Å². The van der Waals surface area contributed by atoms with Crippen LogP contribution in [0, 0.1) is 6.92 Å². The van der Waals surface area contributed by atoms with Gasteiger partial charge in [-0.2, -0.15) is 4.37 Å². The molecule has 9 heteroatoms. The maximum absolute atomic E-state index is 11.2. The lowest BCUT2D eigenvalue weighted by Gasteiger charge is -2.22. The molecule has 1 aromatic heterocycles. The summed E-state index contributed by atoms with van der Waals surface area (Å²) in [6.45, 7) is 4.95. The molecule has 3 aromatic rings. The van der Waals surface area contributed by atoms with E-state index < -0.39 is 11.6 Å². The van der Waals surface area contributed by atoms with Crippen LogP contribution < -0.4 is 4.74 Å². The molecule has 0 spiro atoms. The Hall–Kier alpha value is -1.80. The van der Waals surface area contributed by atoms with Gasteiger partial charge in [0.25, 0.3) is 0 Å². The van der Waals surface area contributed by atoms with Crippen LogP contribution in [0.25, 0.3) is 11.4 Å². The zero-order chi connectivity index (χ0) is 21.2. The number of carboxylic acids is 1. The molecule has 0 aliphatic rings. The molecule has 0 saturated carbocycles. The van der Waals surface area contributed by atoms with Gasteiger partial charge < -0.3 is 9.84 Å². The van der Waals surface area contributed by atoms with Crippen molar-refractivity contribution in [2.24, 2.45) is 0 Å². The Labute approximate surface area is 187 Å². The Kier molecular flexibility index (Phi) is 6.73. The van der Waals surface area contributed by atoms with Gasteiger partial charge in [0.05, 0.1) is 15.8 Å². The SMILES string of the molecule is Cc1cc(SCc2nc(-c3ccc(Cl)c(Cl)c3)ns2)ccc1OC(C)(C)C(=O)O. The lowest BCUT2D eigenvalue weighted by atomic mass is 10.1. The van der Waals surface area contributed by atoms with Crippen LogP contribution in [-0.2, 0) is 10.5 Å². The number of aromatic nitrogens is 2. The molecule has 3 rings (SSSR count). The smallest absolute Gasteiger partial charge is 0.347 e. The molecule has 0 saturated heterocycles. The van der Waals surface area contributed by atoms with E-state index in [4.69, 9.17) is 27.9 Å². The highest BCUT2D eigenvalue weighted by molar-refractivity contribution is 7.98. The molecule has 1 heterocycles. The van der Waals surface area contributed by atoms with E-state index in [1.54, 1.807) is 30.0 Å². The molecule has 0 radical (unpaired) electrons. The van der Waals surface area contributed by atoms with Crippen molar-refractivity contribution in [2.45, 2.75) is 37.0 Å². The number of carbonyl (C=O) groups is 1. The average Bonchev–Trinajstić information content (AvgIpc) is 3.13. The van der Waals surface area contributed by atoms with Crippen molar-refractivity contribution in [3.63, 3.8) is 0 Å². The molecule has 0 amide bonds. The molecule has 152 valence electrons.